The maximum atomic E-state index is 5.15. The molecule has 0 saturated heterocycles. The van der Waals surface area contributed by atoms with Gasteiger partial charge in [0.15, 0.2) is 0 Å². The zero-order valence-corrected chi connectivity index (χ0v) is 10.2. The molecule has 0 aliphatic heterocycles. The van der Waals surface area contributed by atoms with Crippen LogP contribution in [0.1, 0.15) is 45.4 Å². The monoisotopic (exact) mass is 211 g/mol. The zero-order valence-electron chi connectivity index (χ0n) is 10.2. The Balaban J connectivity index is 1.66. The average molecular weight is 211 g/mol. The topological polar surface area (TPSA) is 21.3 Å². The molecule has 2 aliphatic carbocycles. The highest BCUT2D eigenvalue weighted by Crippen LogP contribution is 2.44. The van der Waals surface area contributed by atoms with Crippen molar-refractivity contribution in [1.29, 1.82) is 0 Å². The van der Waals surface area contributed by atoms with E-state index in [4.69, 9.17) is 4.74 Å². The minimum absolute atomic E-state index is 0.522. The van der Waals surface area contributed by atoms with Gasteiger partial charge in [-0.2, -0.15) is 0 Å². The van der Waals surface area contributed by atoms with Crippen LogP contribution in [0.2, 0.25) is 0 Å². The predicted molar refractivity (Wildman–Crippen MR) is 62.9 cm³/mol. The van der Waals surface area contributed by atoms with Crippen LogP contribution in [0, 0.1) is 11.8 Å². The standard InChI is InChI=1S/C13H25NO/c1-10(9-15-2)14-13-8-12(13)11-6-4-3-5-7-11/h10-14H,3-9H2,1-2H3. The molecule has 2 heteroatoms. The van der Waals surface area contributed by atoms with Crippen molar-refractivity contribution >= 4 is 0 Å². The van der Waals surface area contributed by atoms with E-state index in [1.54, 1.807) is 7.11 Å². The fraction of sp³-hybridized carbons (Fsp3) is 1.00. The zero-order chi connectivity index (χ0) is 10.7. The van der Waals surface area contributed by atoms with Crippen LogP contribution in [0.5, 0.6) is 0 Å². The summed E-state index contributed by atoms with van der Waals surface area (Å²) in [7, 11) is 1.78. The van der Waals surface area contributed by atoms with Crippen molar-refractivity contribution in [3.8, 4) is 0 Å². The van der Waals surface area contributed by atoms with Gasteiger partial charge in [0, 0.05) is 19.2 Å². The summed E-state index contributed by atoms with van der Waals surface area (Å²) in [5.74, 6) is 2.02. The Labute approximate surface area is 93.8 Å². The second-order valence-corrected chi connectivity index (χ2v) is 5.43. The van der Waals surface area contributed by atoms with E-state index in [1.165, 1.54) is 38.5 Å². The first-order chi connectivity index (χ1) is 7.31. The molecule has 2 aliphatic rings. The molecule has 0 radical (unpaired) electrons. The highest BCUT2D eigenvalue weighted by molar-refractivity contribution is 4.98. The van der Waals surface area contributed by atoms with E-state index in [9.17, 15) is 0 Å². The molecular formula is C13H25NO. The molecule has 0 spiro atoms. The summed E-state index contributed by atoms with van der Waals surface area (Å²) in [6.45, 7) is 3.06. The summed E-state index contributed by atoms with van der Waals surface area (Å²) in [6.07, 6.45) is 8.81. The SMILES string of the molecule is COCC(C)NC1CC1C1CCCCC1. The summed E-state index contributed by atoms with van der Waals surface area (Å²) in [6, 6.07) is 1.33. The molecule has 88 valence electrons. The minimum Gasteiger partial charge on any atom is -0.383 e. The Morgan fingerprint density at radius 3 is 2.67 bits per heavy atom. The first-order valence-electron chi connectivity index (χ1n) is 6.56. The summed E-state index contributed by atoms with van der Waals surface area (Å²) in [5.41, 5.74) is 0. The Kier molecular flexibility index (Phi) is 4.04. The van der Waals surface area contributed by atoms with E-state index >= 15 is 0 Å². The van der Waals surface area contributed by atoms with E-state index in [2.05, 4.69) is 12.2 Å². The largest absolute Gasteiger partial charge is 0.383 e. The number of hydrogen-bond acceptors (Lipinski definition) is 2. The first kappa shape index (κ1) is 11.4. The minimum atomic E-state index is 0.522. The lowest BCUT2D eigenvalue weighted by Gasteiger charge is -2.22. The van der Waals surface area contributed by atoms with Gasteiger partial charge in [0.05, 0.1) is 6.61 Å². The second kappa shape index (κ2) is 5.31. The molecule has 0 amide bonds. The predicted octanol–water partition coefficient (Wildman–Crippen LogP) is 2.58. The maximum absolute atomic E-state index is 5.15. The fourth-order valence-corrected chi connectivity index (χ4v) is 3.15. The van der Waals surface area contributed by atoms with Gasteiger partial charge in [0.1, 0.15) is 0 Å². The van der Waals surface area contributed by atoms with Crippen molar-refractivity contribution in [3.63, 3.8) is 0 Å². The van der Waals surface area contributed by atoms with Crippen molar-refractivity contribution < 1.29 is 4.74 Å². The van der Waals surface area contributed by atoms with E-state index in [0.717, 1.165) is 24.5 Å². The third-order valence-electron chi connectivity index (χ3n) is 4.01. The van der Waals surface area contributed by atoms with Crippen molar-refractivity contribution in [1.82, 2.24) is 5.32 Å². The third kappa shape index (κ3) is 3.18. The lowest BCUT2D eigenvalue weighted by Crippen LogP contribution is -2.33. The van der Waals surface area contributed by atoms with Gasteiger partial charge < -0.3 is 10.1 Å². The fourth-order valence-electron chi connectivity index (χ4n) is 3.15. The van der Waals surface area contributed by atoms with Crippen LogP contribution in [0.4, 0.5) is 0 Å². The first-order valence-corrected chi connectivity index (χ1v) is 6.56. The molecule has 0 heterocycles. The molecular weight excluding hydrogens is 186 g/mol. The maximum Gasteiger partial charge on any atom is 0.0613 e. The number of rotatable bonds is 5. The van der Waals surface area contributed by atoms with Crippen LogP contribution < -0.4 is 5.32 Å². The van der Waals surface area contributed by atoms with Gasteiger partial charge in [-0.15, -0.1) is 0 Å². The third-order valence-corrected chi connectivity index (χ3v) is 4.01. The molecule has 2 nitrogen and oxygen atoms in total. The van der Waals surface area contributed by atoms with Gasteiger partial charge in [-0.25, -0.2) is 0 Å². The number of methoxy groups -OCH3 is 1. The number of hydrogen-bond donors (Lipinski definition) is 1. The van der Waals surface area contributed by atoms with Crippen LogP contribution >= 0.6 is 0 Å². The van der Waals surface area contributed by atoms with Gasteiger partial charge in [-0.3, -0.25) is 0 Å². The van der Waals surface area contributed by atoms with E-state index < -0.39 is 0 Å². The smallest absolute Gasteiger partial charge is 0.0613 e. The number of nitrogens with one attached hydrogen (secondary N) is 1. The lowest BCUT2D eigenvalue weighted by atomic mass is 9.85. The van der Waals surface area contributed by atoms with Gasteiger partial charge in [-0.1, -0.05) is 32.1 Å². The van der Waals surface area contributed by atoms with Crippen LogP contribution in [0.3, 0.4) is 0 Å². The quantitative estimate of drug-likeness (QED) is 0.754. The van der Waals surface area contributed by atoms with Crippen LogP contribution in [0.15, 0.2) is 0 Å². The Morgan fingerprint density at radius 1 is 1.27 bits per heavy atom. The highest BCUT2D eigenvalue weighted by Gasteiger charge is 2.43. The molecule has 0 bridgehead atoms. The molecule has 2 fully saturated rings. The molecule has 2 rings (SSSR count). The second-order valence-electron chi connectivity index (χ2n) is 5.43. The number of ether oxygens (including phenoxy) is 1. The van der Waals surface area contributed by atoms with E-state index in [1.807, 2.05) is 0 Å². The molecule has 0 aromatic carbocycles. The van der Waals surface area contributed by atoms with Crippen LogP contribution in [-0.2, 0) is 4.74 Å². The average Bonchev–Trinajstić information content (AvgIpc) is 2.99. The molecule has 15 heavy (non-hydrogen) atoms. The summed E-state index contributed by atoms with van der Waals surface area (Å²) >= 11 is 0. The van der Waals surface area contributed by atoms with Crippen LogP contribution in [0.25, 0.3) is 0 Å². The normalized spacial score (nSPS) is 34.0. The van der Waals surface area contributed by atoms with Gasteiger partial charge in [0.25, 0.3) is 0 Å². The van der Waals surface area contributed by atoms with Gasteiger partial charge in [0.2, 0.25) is 0 Å². The summed E-state index contributed by atoms with van der Waals surface area (Å²) in [4.78, 5) is 0. The van der Waals surface area contributed by atoms with Gasteiger partial charge >= 0.3 is 0 Å². The molecule has 3 unspecified atom stereocenters. The van der Waals surface area contributed by atoms with Crippen LogP contribution in [-0.4, -0.2) is 25.8 Å². The molecule has 1 N–H and O–H groups in total. The Morgan fingerprint density at radius 2 is 2.00 bits per heavy atom. The van der Waals surface area contributed by atoms with Gasteiger partial charge in [-0.05, 0) is 25.2 Å². The lowest BCUT2D eigenvalue weighted by molar-refractivity contribution is 0.169. The summed E-state index contributed by atoms with van der Waals surface area (Å²) < 4.78 is 5.15. The van der Waals surface area contributed by atoms with Crippen molar-refractivity contribution in [2.75, 3.05) is 13.7 Å². The summed E-state index contributed by atoms with van der Waals surface area (Å²) in [5, 5.41) is 3.68. The van der Waals surface area contributed by atoms with E-state index in [0.29, 0.717) is 6.04 Å². The molecule has 0 aromatic heterocycles. The molecule has 3 atom stereocenters. The highest BCUT2D eigenvalue weighted by atomic mass is 16.5. The van der Waals surface area contributed by atoms with Crippen molar-refractivity contribution in [2.45, 2.75) is 57.5 Å². The molecule has 2 saturated carbocycles. The Bertz CT molecular complexity index is 189. The van der Waals surface area contributed by atoms with Crippen molar-refractivity contribution in [2.24, 2.45) is 11.8 Å². The Hall–Kier alpha value is -0.0800. The van der Waals surface area contributed by atoms with Crippen molar-refractivity contribution in [3.05, 3.63) is 0 Å². The molecule has 0 aromatic rings. The van der Waals surface area contributed by atoms with E-state index in [-0.39, 0.29) is 0 Å².